The van der Waals surface area contributed by atoms with Crippen molar-refractivity contribution in [2.24, 2.45) is 0 Å². The summed E-state index contributed by atoms with van der Waals surface area (Å²) < 4.78 is 0. The molecular weight excluding hydrogens is 174 g/mol. The molecule has 0 spiro atoms. The van der Waals surface area contributed by atoms with E-state index in [1.54, 1.807) is 0 Å². The molecule has 2 rings (SSSR count). The summed E-state index contributed by atoms with van der Waals surface area (Å²) in [5.41, 5.74) is 2.43. The number of aliphatic hydroxyl groups excluding tert-OH is 1. The first kappa shape index (κ1) is 9.69. The van der Waals surface area contributed by atoms with Crippen molar-refractivity contribution in [3.63, 3.8) is 0 Å². The first-order chi connectivity index (χ1) is 6.81. The van der Waals surface area contributed by atoms with Gasteiger partial charge in [-0.3, -0.25) is 0 Å². The van der Waals surface area contributed by atoms with E-state index < -0.39 is 0 Å². The summed E-state index contributed by atoms with van der Waals surface area (Å²) in [6.45, 7) is 0.614. The molecule has 2 heteroatoms. The van der Waals surface area contributed by atoms with E-state index in [-0.39, 0.29) is 6.10 Å². The van der Waals surface area contributed by atoms with E-state index in [1.165, 1.54) is 18.4 Å². The van der Waals surface area contributed by atoms with Crippen LogP contribution in [0.25, 0.3) is 0 Å². The fraction of sp³-hybridized carbons (Fsp3) is 0.500. The molecule has 1 aromatic rings. The number of hydrogen-bond acceptors (Lipinski definition) is 2. The van der Waals surface area contributed by atoms with E-state index in [9.17, 15) is 5.11 Å². The zero-order valence-corrected chi connectivity index (χ0v) is 8.53. The second-order valence-corrected chi connectivity index (χ2v) is 4.01. The molecule has 0 aliphatic heterocycles. The summed E-state index contributed by atoms with van der Waals surface area (Å²) in [6.07, 6.45) is 2.28. The Labute approximate surface area is 85.0 Å². The predicted octanol–water partition coefficient (Wildman–Crippen LogP) is 1.82. The van der Waals surface area contributed by atoms with Crippen LogP contribution in [0.5, 0.6) is 0 Å². The molecule has 2 N–H and O–H groups in total. The maximum atomic E-state index is 9.70. The average Bonchev–Trinajstić information content (AvgIpc) is 3.02. The quantitative estimate of drug-likeness (QED) is 0.761. The van der Waals surface area contributed by atoms with Crippen molar-refractivity contribution < 1.29 is 5.11 Å². The van der Waals surface area contributed by atoms with Gasteiger partial charge in [-0.05, 0) is 36.9 Å². The monoisotopic (exact) mass is 191 g/mol. The van der Waals surface area contributed by atoms with E-state index in [4.69, 9.17) is 0 Å². The molecule has 0 heterocycles. The molecule has 0 aromatic heterocycles. The molecule has 1 unspecified atom stereocenters. The van der Waals surface area contributed by atoms with Crippen molar-refractivity contribution in [2.75, 3.05) is 13.6 Å². The van der Waals surface area contributed by atoms with Crippen LogP contribution in [0, 0.1) is 0 Å². The molecule has 0 radical (unpaired) electrons. The zero-order chi connectivity index (χ0) is 9.97. The lowest BCUT2D eigenvalue weighted by molar-refractivity contribution is 0.178. The molecule has 1 saturated carbocycles. The van der Waals surface area contributed by atoms with Crippen molar-refractivity contribution >= 4 is 0 Å². The Morgan fingerprint density at radius 3 is 2.50 bits per heavy atom. The standard InChI is InChI=1S/C12H17NO/c1-13-8-12(14)11-6-4-10(5-7-11)9-2-3-9/h4-7,9,12-14H,2-3,8H2,1H3. The molecule has 0 saturated heterocycles. The first-order valence-corrected chi connectivity index (χ1v) is 5.24. The van der Waals surface area contributed by atoms with Crippen LogP contribution in [0.3, 0.4) is 0 Å². The molecular formula is C12H17NO. The Morgan fingerprint density at radius 2 is 2.00 bits per heavy atom. The van der Waals surface area contributed by atoms with Gasteiger partial charge in [0.25, 0.3) is 0 Å². The zero-order valence-electron chi connectivity index (χ0n) is 8.53. The van der Waals surface area contributed by atoms with Crippen molar-refractivity contribution in [1.29, 1.82) is 0 Å². The molecule has 1 aliphatic carbocycles. The third-order valence-corrected chi connectivity index (χ3v) is 2.77. The summed E-state index contributed by atoms with van der Waals surface area (Å²) in [6, 6.07) is 8.36. The van der Waals surface area contributed by atoms with Gasteiger partial charge in [0.2, 0.25) is 0 Å². The van der Waals surface area contributed by atoms with E-state index in [0.717, 1.165) is 11.5 Å². The lowest BCUT2D eigenvalue weighted by Crippen LogP contribution is -2.16. The van der Waals surface area contributed by atoms with Gasteiger partial charge in [-0.25, -0.2) is 0 Å². The first-order valence-electron chi connectivity index (χ1n) is 5.24. The van der Waals surface area contributed by atoms with Gasteiger partial charge in [0.05, 0.1) is 6.10 Å². The fourth-order valence-electron chi connectivity index (χ4n) is 1.72. The van der Waals surface area contributed by atoms with Gasteiger partial charge in [0.1, 0.15) is 0 Å². The third kappa shape index (κ3) is 2.14. The van der Waals surface area contributed by atoms with Gasteiger partial charge < -0.3 is 10.4 Å². The smallest absolute Gasteiger partial charge is 0.0914 e. The van der Waals surface area contributed by atoms with Crippen molar-refractivity contribution in [2.45, 2.75) is 24.9 Å². The molecule has 0 amide bonds. The van der Waals surface area contributed by atoms with Crippen molar-refractivity contribution in [3.8, 4) is 0 Å². The van der Waals surface area contributed by atoms with E-state index in [1.807, 2.05) is 19.2 Å². The number of hydrogen-bond donors (Lipinski definition) is 2. The molecule has 1 atom stereocenters. The third-order valence-electron chi connectivity index (χ3n) is 2.77. The number of rotatable bonds is 4. The van der Waals surface area contributed by atoms with Crippen molar-refractivity contribution in [1.82, 2.24) is 5.32 Å². The SMILES string of the molecule is CNCC(O)c1ccc(C2CC2)cc1. The molecule has 0 bridgehead atoms. The number of benzene rings is 1. The molecule has 14 heavy (non-hydrogen) atoms. The van der Waals surface area contributed by atoms with Crippen LogP contribution < -0.4 is 5.32 Å². The van der Waals surface area contributed by atoms with Crippen LogP contribution in [0.4, 0.5) is 0 Å². The maximum Gasteiger partial charge on any atom is 0.0914 e. The summed E-state index contributed by atoms with van der Waals surface area (Å²) in [5.74, 6) is 0.797. The number of likely N-dealkylation sites (N-methyl/N-ethyl adjacent to an activating group) is 1. The van der Waals surface area contributed by atoms with Crippen LogP contribution in [-0.2, 0) is 0 Å². The fourth-order valence-corrected chi connectivity index (χ4v) is 1.72. The van der Waals surface area contributed by atoms with Crippen LogP contribution >= 0.6 is 0 Å². The van der Waals surface area contributed by atoms with Crippen molar-refractivity contribution in [3.05, 3.63) is 35.4 Å². The van der Waals surface area contributed by atoms with E-state index >= 15 is 0 Å². The second kappa shape index (κ2) is 4.11. The summed E-state index contributed by atoms with van der Waals surface area (Å²) in [7, 11) is 1.85. The normalized spacial score (nSPS) is 18.1. The van der Waals surface area contributed by atoms with E-state index in [0.29, 0.717) is 6.54 Å². The molecule has 1 aromatic carbocycles. The lowest BCUT2D eigenvalue weighted by atomic mass is 10.0. The van der Waals surface area contributed by atoms with Gasteiger partial charge >= 0.3 is 0 Å². The van der Waals surface area contributed by atoms with Crippen LogP contribution in [0.1, 0.15) is 36.0 Å². The Morgan fingerprint density at radius 1 is 1.36 bits per heavy atom. The highest BCUT2D eigenvalue weighted by molar-refractivity contribution is 5.29. The number of aliphatic hydroxyl groups is 1. The van der Waals surface area contributed by atoms with Crippen LogP contribution in [0.15, 0.2) is 24.3 Å². The minimum Gasteiger partial charge on any atom is -0.387 e. The minimum atomic E-state index is -0.381. The van der Waals surface area contributed by atoms with Crippen LogP contribution in [0.2, 0.25) is 0 Å². The minimum absolute atomic E-state index is 0.381. The second-order valence-electron chi connectivity index (χ2n) is 4.01. The molecule has 76 valence electrons. The lowest BCUT2D eigenvalue weighted by Gasteiger charge is -2.10. The van der Waals surface area contributed by atoms with Gasteiger partial charge in [0, 0.05) is 6.54 Å². The number of nitrogens with one attached hydrogen (secondary N) is 1. The Kier molecular flexibility index (Phi) is 2.85. The highest BCUT2D eigenvalue weighted by Crippen LogP contribution is 2.40. The summed E-state index contributed by atoms with van der Waals surface area (Å²) in [4.78, 5) is 0. The highest BCUT2D eigenvalue weighted by Gasteiger charge is 2.23. The largest absolute Gasteiger partial charge is 0.387 e. The molecule has 1 fully saturated rings. The molecule has 1 aliphatic rings. The predicted molar refractivity (Wildman–Crippen MR) is 57.3 cm³/mol. The maximum absolute atomic E-state index is 9.70. The van der Waals surface area contributed by atoms with Gasteiger partial charge in [-0.1, -0.05) is 24.3 Å². The van der Waals surface area contributed by atoms with Crippen LogP contribution in [-0.4, -0.2) is 18.7 Å². The van der Waals surface area contributed by atoms with E-state index in [2.05, 4.69) is 17.4 Å². The topological polar surface area (TPSA) is 32.3 Å². The summed E-state index contributed by atoms with van der Waals surface area (Å²) in [5, 5.41) is 12.7. The van der Waals surface area contributed by atoms with Gasteiger partial charge in [-0.2, -0.15) is 0 Å². The Balaban J connectivity index is 2.04. The average molecular weight is 191 g/mol. The molecule has 2 nitrogen and oxygen atoms in total. The van der Waals surface area contributed by atoms with Gasteiger partial charge in [-0.15, -0.1) is 0 Å². The Bertz CT molecular complexity index is 290. The summed E-state index contributed by atoms with van der Waals surface area (Å²) >= 11 is 0. The highest BCUT2D eigenvalue weighted by atomic mass is 16.3. The van der Waals surface area contributed by atoms with Gasteiger partial charge in [0.15, 0.2) is 0 Å². The Hall–Kier alpha value is -0.860.